The number of hydrogen-bond donors (Lipinski definition) is 3. The van der Waals surface area contributed by atoms with E-state index < -0.39 is 18.1 Å². The number of amides is 1. The second-order valence-electron chi connectivity index (χ2n) is 4.38. The van der Waals surface area contributed by atoms with Crippen molar-refractivity contribution in [1.29, 1.82) is 0 Å². The fraction of sp³-hybridized carbons (Fsp3) is 0.462. The highest BCUT2D eigenvalue weighted by Gasteiger charge is 2.23. The molecule has 1 atom stereocenters. The van der Waals surface area contributed by atoms with Gasteiger partial charge in [-0.2, -0.15) is 0 Å². The number of aliphatic hydroxyl groups excluding tert-OH is 1. The van der Waals surface area contributed by atoms with Crippen molar-refractivity contribution in [2.75, 3.05) is 27.4 Å². The highest BCUT2D eigenvalue weighted by Crippen LogP contribution is 2.27. The average molecular weight is 269 g/mol. The summed E-state index contributed by atoms with van der Waals surface area (Å²) in [7, 11) is 2.91. The molecule has 3 N–H and O–H groups in total. The van der Waals surface area contributed by atoms with Crippen molar-refractivity contribution >= 4 is 5.91 Å². The van der Waals surface area contributed by atoms with Crippen LogP contribution in [-0.2, 0) is 0 Å². The Morgan fingerprint density at radius 1 is 1.32 bits per heavy atom. The Kier molecular flexibility index (Phi) is 5.14. The molecule has 0 bridgehead atoms. The van der Waals surface area contributed by atoms with E-state index in [-0.39, 0.29) is 12.1 Å². The van der Waals surface area contributed by atoms with Gasteiger partial charge in [-0.25, -0.2) is 0 Å². The summed E-state index contributed by atoms with van der Waals surface area (Å²) in [6, 6.07) is 4.99. The van der Waals surface area contributed by atoms with Crippen molar-refractivity contribution in [3.05, 3.63) is 23.8 Å². The van der Waals surface area contributed by atoms with Gasteiger partial charge in [0.05, 0.1) is 20.8 Å². The van der Waals surface area contributed by atoms with Gasteiger partial charge in [0.15, 0.2) is 0 Å². The number of nitrogens with one attached hydrogen (secondary N) is 1. The van der Waals surface area contributed by atoms with Crippen molar-refractivity contribution in [2.45, 2.75) is 12.5 Å². The molecule has 0 radical (unpaired) electrons. The largest absolute Gasteiger partial charge is 0.496 e. The Labute approximate surface area is 112 Å². The lowest BCUT2D eigenvalue weighted by atomic mass is 10.1. The normalized spacial score (nSPS) is 13.5. The molecule has 1 unspecified atom stereocenters. The number of methoxy groups -OCH3 is 2. The van der Waals surface area contributed by atoms with Crippen LogP contribution in [0.5, 0.6) is 11.5 Å². The molecular formula is C13H19NO5. The summed E-state index contributed by atoms with van der Waals surface area (Å²) in [5.41, 5.74) is -1.12. The number of rotatable bonds is 6. The third-order valence-electron chi connectivity index (χ3n) is 2.63. The van der Waals surface area contributed by atoms with E-state index in [4.69, 9.17) is 14.6 Å². The second-order valence-corrected chi connectivity index (χ2v) is 4.38. The van der Waals surface area contributed by atoms with E-state index in [0.717, 1.165) is 0 Å². The van der Waals surface area contributed by atoms with Crippen molar-refractivity contribution < 1.29 is 24.5 Å². The zero-order valence-electron chi connectivity index (χ0n) is 11.3. The maximum Gasteiger partial charge on any atom is 0.258 e. The van der Waals surface area contributed by atoms with Gasteiger partial charge in [0.25, 0.3) is 5.91 Å². The monoisotopic (exact) mass is 269 g/mol. The summed E-state index contributed by atoms with van der Waals surface area (Å²) < 4.78 is 10.2. The van der Waals surface area contributed by atoms with E-state index in [2.05, 4.69) is 5.32 Å². The van der Waals surface area contributed by atoms with Crippen LogP contribution in [0, 0.1) is 0 Å². The van der Waals surface area contributed by atoms with Crippen LogP contribution in [0.2, 0.25) is 0 Å². The molecule has 6 nitrogen and oxygen atoms in total. The fourth-order valence-corrected chi connectivity index (χ4v) is 1.49. The molecule has 0 saturated carbocycles. The molecule has 0 spiro atoms. The lowest BCUT2D eigenvalue weighted by Crippen LogP contribution is -2.43. The highest BCUT2D eigenvalue weighted by atomic mass is 16.5. The van der Waals surface area contributed by atoms with Crippen LogP contribution in [0.1, 0.15) is 17.3 Å². The number of carbonyl (C=O) groups is 1. The minimum absolute atomic E-state index is 0.0798. The maximum atomic E-state index is 12.1. The predicted octanol–water partition coefficient (Wildman–Crippen LogP) is 0.177. The van der Waals surface area contributed by atoms with Gasteiger partial charge >= 0.3 is 0 Å². The Morgan fingerprint density at radius 3 is 2.26 bits per heavy atom. The molecule has 106 valence electrons. The van der Waals surface area contributed by atoms with Crippen LogP contribution < -0.4 is 14.8 Å². The third-order valence-corrected chi connectivity index (χ3v) is 2.63. The summed E-state index contributed by atoms with van der Waals surface area (Å²) in [6.45, 7) is 0.895. The molecule has 0 saturated heterocycles. The zero-order chi connectivity index (χ0) is 14.5. The van der Waals surface area contributed by atoms with Gasteiger partial charge in [0.2, 0.25) is 0 Å². The van der Waals surface area contributed by atoms with Crippen LogP contribution in [0.4, 0.5) is 0 Å². The number of ether oxygens (including phenoxy) is 2. The summed E-state index contributed by atoms with van der Waals surface area (Å²) in [4.78, 5) is 12.1. The smallest absolute Gasteiger partial charge is 0.258 e. The molecule has 0 fully saturated rings. The Hall–Kier alpha value is -1.79. The fourth-order valence-electron chi connectivity index (χ4n) is 1.49. The summed E-state index contributed by atoms with van der Waals surface area (Å²) >= 11 is 0. The minimum atomic E-state index is -1.37. The first kappa shape index (κ1) is 15.3. The molecule has 0 aliphatic heterocycles. The molecule has 0 aliphatic rings. The summed E-state index contributed by atoms with van der Waals surface area (Å²) in [6.07, 6.45) is 0. The van der Waals surface area contributed by atoms with Crippen LogP contribution in [0.3, 0.4) is 0 Å². The quantitative estimate of drug-likeness (QED) is 0.685. The predicted molar refractivity (Wildman–Crippen MR) is 69.6 cm³/mol. The molecule has 6 heteroatoms. The van der Waals surface area contributed by atoms with Gasteiger partial charge in [0.1, 0.15) is 22.7 Å². The minimum Gasteiger partial charge on any atom is -0.496 e. The molecule has 1 amide bonds. The molecule has 19 heavy (non-hydrogen) atoms. The lowest BCUT2D eigenvalue weighted by molar-refractivity contribution is 0.00315. The number of benzene rings is 1. The Bertz CT molecular complexity index is 422. The molecule has 1 rings (SSSR count). The van der Waals surface area contributed by atoms with E-state index in [1.807, 2.05) is 0 Å². The molecular weight excluding hydrogens is 250 g/mol. The van der Waals surface area contributed by atoms with Crippen LogP contribution in [-0.4, -0.2) is 49.1 Å². The van der Waals surface area contributed by atoms with Crippen LogP contribution in [0.15, 0.2) is 18.2 Å². The van der Waals surface area contributed by atoms with Crippen molar-refractivity contribution in [2.24, 2.45) is 0 Å². The van der Waals surface area contributed by atoms with Gasteiger partial charge < -0.3 is 25.0 Å². The van der Waals surface area contributed by atoms with E-state index in [9.17, 15) is 9.90 Å². The standard InChI is InChI=1S/C13H19NO5/c1-13(17,8-15)7-14-12(16)11-9(18-2)5-4-6-10(11)19-3/h4-6,15,17H,7-8H2,1-3H3,(H,14,16). The first-order valence-corrected chi connectivity index (χ1v) is 5.77. The molecule has 1 aromatic rings. The van der Waals surface area contributed by atoms with E-state index in [1.165, 1.54) is 21.1 Å². The molecule has 1 aromatic carbocycles. The number of carbonyl (C=O) groups excluding carboxylic acids is 1. The number of aliphatic hydroxyl groups is 2. The van der Waals surface area contributed by atoms with Gasteiger partial charge in [0, 0.05) is 6.54 Å². The van der Waals surface area contributed by atoms with Gasteiger partial charge in [-0.15, -0.1) is 0 Å². The molecule has 0 aliphatic carbocycles. The lowest BCUT2D eigenvalue weighted by Gasteiger charge is -2.21. The Morgan fingerprint density at radius 2 is 1.84 bits per heavy atom. The number of hydrogen-bond acceptors (Lipinski definition) is 5. The van der Waals surface area contributed by atoms with Crippen molar-refractivity contribution in [1.82, 2.24) is 5.32 Å². The average Bonchev–Trinajstić information content (AvgIpc) is 2.43. The maximum absolute atomic E-state index is 12.1. The molecule has 0 heterocycles. The molecule has 0 aromatic heterocycles. The van der Waals surface area contributed by atoms with Gasteiger partial charge in [-0.3, -0.25) is 4.79 Å². The van der Waals surface area contributed by atoms with Gasteiger partial charge in [-0.05, 0) is 19.1 Å². The SMILES string of the molecule is COc1cccc(OC)c1C(=O)NCC(C)(O)CO. The third kappa shape index (κ3) is 3.84. The summed E-state index contributed by atoms with van der Waals surface area (Å²) in [5, 5.41) is 21.1. The van der Waals surface area contributed by atoms with E-state index >= 15 is 0 Å². The van der Waals surface area contributed by atoms with Crippen LogP contribution in [0.25, 0.3) is 0 Å². The first-order valence-electron chi connectivity index (χ1n) is 5.77. The summed E-state index contributed by atoms with van der Waals surface area (Å²) in [5.74, 6) is 0.309. The zero-order valence-corrected chi connectivity index (χ0v) is 11.3. The Balaban J connectivity index is 2.93. The van der Waals surface area contributed by atoms with Crippen molar-refractivity contribution in [3.63, 3.8) is 0 Å². The van der Waals surface area contributed by atoms with Crippen LogP contribution >= 0.6 is 0 Å². The van der Waals surface area contributed by atoms with Gasteiger partial charge in [-0.1, -0.05) is 6.07 Å². The van der Waals surface area contributed by atoms with Crippen molar-refractivity contribution in [3.8, 4) is 11.5 Å². The second kappa shape index (κ2) is 6.40. The topological polar surface area (TPSA) is 88.0 Å². The van der Waals surface area contributed by atoms with E-state index in [0.29, 0.717) is 11.5 Å². The van der Waals surface area contributed by atoms with E-state index in [1.54, 1.807) is 18.2 Å². The highest BCUT2D eigenvalue weighted by molar-refractivity contribution is 5.99. The first-order chi connectivity index (χ1) is 8.95.